The highest BCUT2D eigenvalue weighted by molar-refractivity contribution is 8.00. The molecule has 3 unspecified atom stereocenters. The first-order valence-electron chi connectivity index (χ1n) is 4.37. The fourth-order valence-corrected chi connectivity index (χ4v) is 3.85. The lowest BCUT2D eigenvalue weighted by molar-refractivity contribution is 0.800. The zero-order valence-corrected chi connectivity index (χ0v) is 7.55. The van der Waals surface area contributed by atoms with E-state index in [2.05, 4.69) is 24.3 Å². The second-order valence-electron chi connectivity index (χ2n) is 3.55. The number of benzene rings is 1. The highest BCUT2D eigenvalue weighted by atomic mass is 32.2. The fraction of sp³-hybridized carbons (Fsp3) is 0.400. The molecule has 0 spiro atoms. The number of fused-ring (bicyclic) bond motifs is 3. The van der Waals surface area contributed by atoms with Crippen LogP contribution >= 0.6 is 11.8 Å². The van der Waals surface area contributed by atoms with Crippen LogP contribution in [0, 0.1) is 5.92 Å². The zero-order chi connectivity index (χ0) is 8.13. The molecule has 0 saturated heterocycles. The van der Waals surface area contributed by atoms with Crippen LogP contribution in [-0.4, -0.2) is 11.8 Å². The summed E-state index contributed by atoms with van der Waals surface area (Å²) in [5.74, 6) is 1.56. The van der Waals surface area contributed by atoms with E-state index in [0.717, 1.165) is 23.6 Å². The van der Waals surface area contributed by atoms with Crippen LogP contribution in [0.3, 0.4) is 0 Å². The molecule has 0 bridgehead atoms. The number of thioether (sulfide) groups is 1. The van der Waals surface area contributed by atoms with Gasteiger partial charge in [0.2, 0.25) is 0 Å². The van der Waals surface area contributed by atoms with Gasteiger partial charge >= 0.3 is 0 Å². The lowest BCUT2D eigenvalue weighted by atomic mass is 10.1. The molecule has 1 fully saturated rings. The van der Waals surface area contributed by atoms with Crippen molar-refractivity contribution in [2.45, 2.75) is 16.1 Å². The minimum absolute atomic E-state index is 0.768. The molecule has 1 aromatic rings. The summed E-state index contributed by atoms with van der Waals surface area (Å²) in [5.41, 5.74) is 7.21. The van der Waals surface area contributed by atoms with Gasteiger partial charge in [0.25, 0.3) is 0 Å². The van der Waals surface area contributed by atoms with E-state index in [9.17, 15) is 0 Å². The van der Waals surface area contributed by atoms with E-state index in [1.807, 2.05) is 11.8 Å². The Morgan fingerprint density at radius 3 is 3.00 bits per heavy atom. The standard InChI is InChI=1S/C10H11NS/c11-5-7-9-6-3-1-2-4-8(6)12-10(7)9/h1-4,7,9-10H,5,11H2. The smallest absolute Gasteiger partial charge is 0.0214 e. The molecule has 1 aliphatic carbocycles. The second-order valence-corrected chi connectivity index (χ2v) is 4.77. The van der Waals surface area contributed by atoms with Crippen molar-refractivity contribution >= 4 is 11.8 Å². The molecular weight excluding hydrogens is 166 g/mol. The fourth-order valence-electron chi connectivity index (χ4n) is 2.20. The highest BCUT2D eigenvalue weighted by Crippen LogP contribution is 2.64. The summed E-state index contributed by atoms with van der Waals surface area (Å²) in [6.45, 7) is 0.858. The van der Waals surface area contributed by atoms with E-state index in [1.165, 1.54) is 4.90 Å². The van der Waals surface area contributed by atoms with E-state index in [1.54, 1.807) is 5.56 Å². The van der Waals surface area contributed by atoms with Gasteiger partial charge in [-0.1, -0.05) is 18.2 Å². The second kappa shape index (κ2) is 2.27. The van der Waals surface area contributed by atoms with Crippen LogP contribution in [0.15, 0.2) is 29.2 Å². The van der Waals surface area contributed by atoms with Crippen LogP contribution in [0.5, 0.6) is 0 Å². The first-order valence-corrected chi connectivity index (χ1v) is 5.25. The summed E-state index contributed by atoms with van der Waals surface area (Å²) >= 11 is 2.02. The van der Waals surface area contributed by atoms with Gasteiger partial charge in [-0.15, -0.1) is 11.8 Å². The van der Waals surface area contributed by atoms with Gasteiger partial charge in [-0.2, -0.15) is 0 Å². The van der Waals surface area contributed by atoms with E-state index >= 15 is 0 Å². The molecular formula is C10H11NS. The van der Waals surface area contributed by atoms with E-state index in [0.29, 0.717) is 0 Å². The van der Waals surface area contributed by atoms with Crippen molar-refractivity contribution in [2.24, 2.45) is 11.7 Å². The molecule has 12 heavy (non-hydrogen) atoms. The van der Waals surface area contributed by atoms with E-state index < -0.39 is 0 Å². The molecule has 2 aliphatic rings. The Morgan fingerprint density at radius 2 is 2.17 bits per heavy atom. The molecule has 1 saturated carbocycles. The summed E-state index contributed by atoms with van der Waals surface area (Å²) in [6.07, 6.45) is 0. The van der Waals surface area contributed by atoms with Crippen LogP contribution in [0.1, 0.15) is 11.5 Å². The van der Waals surface area contributed by atoms with Gasteiger partial charge < -0.3 is 5.73 Å². The summed E-state index contributed by atoms with van der Waals surface area (Å²) in [4.78, 5) is 1.48. The van der Waals surface area contributed by atoms with Crippen LogP contribution in [0.2, 0.25) is 0 Å². The maximum absolute atomic E-state index is 5.67. The van der Waals surface area contributed by atoms with Crippen molar-refractivity contribution in [3.05, 3.63) is 29.8 Å². The molecule has 3 rings (SSSR count). The zero-order valence-electron chi connectivity index (χ0n) is 6.73. The predicted molar refractivity (Wildman–Crippen MR) is 51.4 cm³/mol. The molecule has 62 valence electrons. The van der Waals surface area contributed by atoms with Gasteiger partial charge in [0.15, 0.2) is 0 Å². The van der Waals surface area contributed by atoms with Gasteiger partial charge in [0.1, 0.15) is 0 Å². The maximum atomic E-state index is 5.67. The minimum atomic E-state index is 0.768. The van der Waals surface area contributed by atoms with Crippen LogP contribution in [-0.2, 0) is 0 Å². The molecule has 2 heteroatoms. The minimum Gasteiger partial charge on any atom is -0.330 e. The largest absolute Gasteiger partial charge is 0.330 e. The first kappa shape index (κ1) is 6.98. The third kappa shape index (κ3) is 0.744. The molecule has 0 aromatic heterocycles. The van der Waals surface area contributed by atoms with Crippen molar-refractivity contribution in [1.82, 2.24) is 0 Å². The van der Waals surface area contributed by atoms with Crippen molar-refractivity contribution in [3.63, 3.8) is 0 Å². The third-order valence-corrected chi connectivity index (χ3v) is 4.45. The van der Waals surface area contributed by atoms with Crippen molar-refractivity contribution in [2.75, 3.05) is 6.54 Å². The van der Waals surface area contributed by atoms with E-state index in [-0.39, 0.29) is 0 Å². The van der Waals surface area contributed by atoms with Gasteiger partial charge in [0, 0.05) is 16.1 Å². The Morgan fingerprint density at radius 1 is 1.33 bits per heavy atom. The Bertz CT molecular complexity index is 323. The molecule has 1 nitrogen and oxygen atoms in total. The SMILES string of the molecule is NCC1C2Sc3ccccc3C12. The van der Waals surface area contributed by atoms with Gasteiger partial charge in [-0.3, -0.25) is 0 Å². The molecule has 3 atom stereocenters. The van der Waals surface area contributed by atoms with Crippen molar-refractivity contribution < 1.29 is 0 Å². The van der Waals surface area contributed by atoms with Crippen molar-refractivity contribution in [3.8, 4) is 0 Å². The monoisotopic (exact) mass is 177 g/mol. The normalized spacial score (nSPS) is 35.9. The molecule has 0 radical (unpaired) electrons. The summed E-state index contributed by atoms with van der Waals surface area (Å²) in [6, 6.07) is 8.73. The number of rotatable bonds is 1. The third-order valence-electron chi connectivity index (χ3n) is 2.91. The lowest BCUT2D eigenvalue weighted by Crippen LogP contribution is -2.05. The molecule has 2 N–H and O–H groups in total. The first-order chi connectivity index (χ1) is 5.92. The van der Waals surface area contributed by atoms with Gasteiger partial charge in [-0.25, -0.2) is 0 Å². The van der Waals surface area contributed by atoms with E-state index in [4.69, 9.17) is 5.73 Å². The van der Waals surface area contributed by atoms with Crippen molar-refractivity contribution in [1.29, 1.82) is 0 Å². The number of nitrogens with two attached hydrogens (primary N) is 1. The van der Waals surface area contributed by atoms with Crippen LogP contribution < -0.4 is 5.73 Å². The quantitative estimate of drug-likeness (QED) is 0.708. The number of hydrogen-bond acceptors (Lipinski definition) is 2. The maximum Gasteiger partial charge on any atom is 0.0214 e. The Labute approximate surface area is 76.3 Å². The van der Waals surface area contributed by atoms with Gasteiger partial charge in [-0.05, 0) is 24.1 Å². The molecule has 1 aliphatic heterocycles. The van der Waals surface area contributed by atoms with Crippen LogP contribution in [0.4, 0.5) is 0 Å². The Hall–Kier alpha value is -0.470. The predicted octanol–water partition coefficient (Wildman–Crippen LogP) is 1.83. The lowest BCUT2D eigenvalue weighted by Gasteiger charge is -2.03. The molecule has 1 heterocycles. The van der Waals surface area contributed by atoms with Gasteiger partial charge in [0.05, 0.1) is 0 Å². The summed E-state index contributed by atoms with van der Waals surface area (Å²) in [5, 5.41) is 0.812. The Kier molecular flexibility index (Phi) is 1.32. The summed E-state index contributed by atoms with van der Waals surface area (Å²) in [7, 11) is 0. The molecule has 0 amide bonds. The highest BCUT2D eigenvalue weighted by Gasteiger charge is 2.55. The molecule has 1 aromatic carbocycles. The Balaban J connectivity index is 2.00. The average Bonchev–Trinajstić information content (AvgIpc) is 2.68. The number of hydrogen-bond donors (Lipinski definition) is 1. The average molecular weight is 177 g/mol. The van der Waals surface area contributed by atoms with Crippen LogP contribution in [0.25, 0.3) is 0 Å². The summed E-state index contributed by atoms with van der Waals surface area (Å²) < 4.78 is 0. The topological polar surface area (TPSA) is 26.0 Å².